The fourth-order valence-electron chi connectivity index (χ4n) is 2.11. The van der Waals surface area contributed by atoms with Gasteiger partial charge in [-0.25, -0.2) is 4.98 Å². The van der Waals surface area contributed by atoms with Gasteiger partial charge in [0.25, 0.3) is 0 Å². The van der Waals surface area contributed by atoms with Crippen LogP contribution >= 0.6 is 11.3 Å². The van der Waals surface area contributed by atoms with Crippen LogP contribution in [0.2, 0.25) is 0 Å². The Morgan fingerprint density at radius 3 is 2.73 bits per heavy atom. The van der Waals surface area contributed by atoms with Crippen LogP contribution in [0.15, 0.2) is 0 Å². The Morgan fingerprint density at radius 2 is 2.07 bits per heavy atom. The van der Waals surface area contributed by atoms with Crippen LogP contribution in [0, 0.1) is 6.92 Å². The highest BCUT2D eigenvalue weighted by Gasteiger charge is 2.30. The first-order chi connectivity index (χ1) is 7.34. The number of epoxide rings is 1. The van der Waals surface area contributed by atoms with Crippen molar-refractivity contribution in [1.82, 2.24) is 4.98 Å². The van der Waals surface area contributed by atoms with Crippen molar-refractivity contribution in [3.05, 3.63) is 10.6 Å². The molecular weight excluding hydrogens is 208 g/mol. The lowest BCUT2D eigenvalue weighted by Crippen LogP contribution is -2.29. The molecular formula is C11H16N2OS. The fourth-order valence-corrected chi connectivity index (χ4v) is 3.26. The Bertz CT molecular complexity index is 353. The summed E-state index contributed by atoms with van der Waals surface area (Å²) in [7, 11) is 0. The number of aromatic nitrogens is 1. The largest absolute Gasteiger partial charge is 0.367 e. The van der Waals surface area contributed by atoms with Crippen LogP contribution in [0.4, 0.5) is 5.13 Å². The summed E-state index contributed by atoms with van der Waals surface area (Å²) in [6.07, 6.45) is 4.36. The first-order valence-electron chi connectivity index (χ1n) is 5.68. The molecule has 0 aliphatic carbocycles. The third kappa shape index (κ3) is 1.88. The van der Waals surface area contributed by atoms with Gasteiger partial charge in [0.05, 0.1) is 17.2 Å². The number of aryl methyl sites for hydroxylation is 1. The molecule has 0 bridgehead atoms. The fraction of sp³-hybridized carbons (Fsp3) is 0.727. The van der Waals surface area contributed by atoms with Crippen molar-refractivity contribution in [3.8, 4) is 0 Å². The van der Waals surface area contributed by atoms with E-state index in [2.05, 4.69) is 16.8 Å². The second-order valence-corrected chi connectivity index (χ2v) is 5.32. The van der Waals surface area contributed by atoms with Crippen LogP contribution in [-0.2, 0) is 4.74 Å². The summed E-state index contributed by atoms with van der Waals surface area (Å²) in [4.78, 5) is 8.43. The summed E-state index contributed by atoms with van der Waals surface area (Å²) in [5.74, 6) is 0. The van der Waals surface area contributed by atoms with E-state index in [0.29, 0.717) is 6.10 Å². The molecule has 1 atom stereocenters. The van der Waals surface area contributed by atoms with E-state index >= 15 is 0 Å². The third-order valence-electron chi connectivity index (χ3n) is 3.07. The van der Waals surface area contributed by atoms with Crippen LogP contribution in [-0.4, -0.2) is 24.7 Å². The first-order valence-corrected chi connectivity index (χ1v) is 6.50. The predicted molar refractivity (Wildman–Crippen MR) is 61.6 cm³/mol. The highest BCUT2D eigenvalue weighted by atomic mass is 32.1. The molecule has 2 saturated heterocycles. The lowest BCUT2D eigenvalue weighted by atomic mass is 10.1. The van der Waals surface area contributed by atoms with Crippen molar-refractivity contribution in [2.75, 3.05) is 24.6 Å². The van der Waals surface area contributed by atoms with Crippen molar-refractivity contribution in [1.29, 1.82) is 0 Å². The van der Waals surface area contributed by atoms with Gasteiger partial charge in [0.1, 0.15) is 6.10 Å². The molecule has 2 fully saturated rings. The highest BCUT2D eigenvalue weighted by molar-refractivity contribution is 7.15. The summed E-state index contributed by atoms with van der Waals surface area (Å²) < 4.78 is 5.33. The Labute approximate surface area is 94.1 Å². The summed E-state index contributed by atoms with van der Waals surface area (Å²) in [5, 5.41) is 1.21. The number of thiazole rings is 1. The van der Waals surface area contributed by atoms with E-state index in [9.17, 15) is 0 Å². The minimum Gasteiger partial charge on any atom is -0.367 e. The predicted octanol–water partition coefficient (Wildman–Crippen LogP) is 2.51. The van der Waals surface area contributed by atoms with E-state index in [1.165, 1.54) is 48.1 Å². The highest BCUT2D eigenvalue weighted by Crippen LogP contribution is 2.39. The second-order valence-electron chi connectivity index (χ2n) is 4.32. The number of rotatable bonds is 2. The van der Waals surface area contributed by atoms with Crippen LogP contribution in [0.5, 0.6) is 0 Å². The number of hydrogen-bond donors (Lipinski definition) is 0. The molecule has 0 N–H and O–H groups in total. The van der Waals surface area contributed by atoms with Crippen molar-refractivity contribution >= 4 is 16.5 Å². The maximum absolute atomic E-state index is 5.33. The van der Waals surface area contributed by atoms with E-state index in [-0.39, 0.29) is 0 Å². The molecule has 3 heterocycles. The van der Waals surface area contributed by atoms with Gasteiger partial charge in [0, 0.05) is 13.1 Å². The van der Waals surface area contributed by atoms with Gasteiger partial charge in [-0.05, 0) is 26.2 Å². The zero-order valence-electron chi connectivity index (χ0n) is 9.03. The monoisotopic (exact) mass is 224 g/mol. The van der Waals surface area contributed by atoms with Gasteiger partial charge < -0.3 is 9.64 Å². The Hall–Kier alpha value is -0.610. The lowest BCUT2D eigenvalue weighted by Gasteiger charge is -2.25. The van der Waals surface area contributed by atoms with Gasteiger partial charge in [-0.3, -0.25) is 0 Å². The van der Waals surface area contributed by atoms with E-state index in [1.54, 1.807) is 0 Å². The third-order valence-corrected chi connectivity index (χ3v) is 4.38. The molecule has 0 amide bonds. The smallest absolute Gasteiger partial charge is 0.185 e. The molecule has 0 radical (unpaired) electrons. The summed E-state index contributed by atoms with van der Waals surface area (Å²) >= 11 is 1.83. The average molecular weight is 224 g/mol. The molecule has 0 saturated carbocycles. The molecule has 0 unspecified atom stereocenters. The molecule has 2 aliphatic heterocycles. The maximum Gasteiger partial charge on any atom is 0.185 e. The number of piperidine rings is 1. The topological polar surface area (TPSA) is 28.7 Å². The van der Waals surface area contributed by atoms with Crippen LogP contribution in [0.3, 0.4) is 0 Å². The quantitative estimate of drug-likeness (QED) is 0.723. The standard InChI is InChI=1S/C11H16N2OS/c1-8-10(9-7-14-9)15-11(12-8)13-5-3-2-4-6-13/h9H,2-7H2,1H3/t9-/m1/s1. The summed E-state index contributed by atoms with van der Waals surface area (Å²) in [6, 6.07) is 0. The van der Waals surface area contributed by atoms with E-state index in [1.807, 2.05) is 11.3 Å². The van der Waals surface area contributed by atoms with Crippen LogP contribution < -0.4 is 4.90 Å². The van der Waals surface area contributed by atoms with Gasteiger partial charge in [-0.1, -0.05) is 11.3 Å². The molecule has 2 aliphatic rings. The van der Waals surface area contributed by atoms with Crippen LogP contribution in [0.25, 0.3) is 0 Å². The first kappa shape index (κ1) is 9.60. The Kier molecular flexibility index (Phi) is 2.41. The molecule has 0 spiro atoms. The second kappa shape index (κ2) is 3.76. The van der Waals surface area contributed by atoms with Crippen molar-refractivity contribution in [2.45, 2.75) is 32.3 Å². The molecule has 1 aromatic heterocycles. The minimum atomic E-state index is 0.362. The van der Waals surface area contributed by atoms with Gasteiger partial charge in [0.2, 0.25) is 0 Å². The number of anilines is 1. The number of ether oxygens (including phenoxy) is 1. The van der Waals surface area contributed by atoms with Gasteiger partial charge >= 0.3 is 0 Å². The SMILES string of the molecule is Cc1nc(N2CCCCC2)sc1[C@H]1CO1. The Morgan fingerprint density at radius 1 is 1.33 bits per heavy atom. The van der Waals surface area contributed by atoms with Crippen molar-refractivity contribution in [2.24, 2.45) is 0 Å². The zero-order valence-corrected chi connectivity index (χ0v) is 9.85. The van der Waals surface area contributed by atoms with Crippen molar-refractivity contribution < 1.29 is 4.74 Å². The van der Waals surface area contributed by atoms with E-state index in [4.69, 9.17) is 4.74 Å². The summed E-state index contributed by atoms with van der Waals surface area (Å²) in [6.45, 7) is 5.35. The lowest BCUT2D eigenvalue weighted by molar-refractivity contribution is 0.417. The van der Waals surface area contributed by atoms with Crippen molar-refractivity contribution in [3.63, 3.8) is 0 Å². The normalized spacial score (nSPS) is 25.7. The molecule has 1 aromatic rings. The van der Waals surface area contributed by atoms with Gasteiger partial charge in [-0.15, -0.1) is 0 Å². The number of nitrogens with zero attached hydrogens (tertiary/aromatic N) is 2. The zero-order chi connectivity index (χ0) is 10.3. The average Bonchev–Trinajstić information content (AvgIpc) is 3.04. The van der Waals surface area contributed by atoms with E-state index in [0.717, 1.165) is 6.61 Å². The van der Waals surface area contributed by atoms with Gasteiger partial charge in [0.15, 0.2) is 5.13 Å². The summed E-state index contributed by atoms with van der Waals surface area (Å²) in [5.41, 5.74) is 1.17. The molecule has 3 nitrogen and oxygen atoms in total. The minimum absolute atomic E-state index is 0.362. The van der Waals surface area contributed by atoms with Crippen LogP contribution in [0.1, 0.15) is 35.9 Å². The molecule has 0 aromatic carbocycles. The maximum atomic E-state index is 5.33. The molecule has 15 heavy (non-hydrogen) atoms. The number of hydrogen-bond acceptors (Lipinski definition) is 4. The van der Waals surface area contributed by atoms with E-state index < -0.39 is 0 Å². The molecule has 3 rings (SSSR count). The molecule has 4 heteroatoms. The Balaban J connectivity index is 1.81. The van der Waals surface area contributed by atoms with Gasteiger partial charge in [-0.2, -0.15) is 0 Å². The molecule has 82 valence electrons.